The molecule has 0 saturated heterocycles. The van der Waals surface area contributed by atoms with Crippen LogP contribution < -0.4 is 5.32 Å². The second kappa shape index (κ2) is 7.29. The zero-order valence-electron chi connectivity index (χ0n) is 11.5. The van der Waals surface area contributed by atoms with Crippen molar-refractivity contribution in [2.75, 3.05) is 18.9 Å². The third kappa shape index (κ3) is 4.62. The topological polar surface area (TPSA) is 45.2 Å². The van der Waals surface area contributed by atoms with E-state index in [1.54, 1.807) is 42.5 Å². The summed E-state index contributed by atoms with van der Waals surface area (Å²) in [5.41, 5.74) is 1.68. The van der Waals surface area contributed by atoms with Gasteiger partial charge in [0.15, 0.2) is 0 Å². The molecule has 0 spiro atoms. The van der Waals surface area contributed by atoms with Gasteiger partial charge in [-0.3, -0.25) is 4.98 Å². The van der Waals surface area contributed by atoms with Crippen LogP contribution in [0.5, 0.6) is 0 Å². The molecule has 6 heteroatoms. The summed E-state index contributed by atoms with van der Waals surface area (Å²) in [4.78, 5) is 17.6. The number of amides is 2. The Kier molecular flexibility index (Phi) is 5.42. The number of aromatic nitrogens is 1. The number of carbonyl (C=O) groups excluding carboxylic acids is 1. The van der Waals surface area contributed by atoms with Crippen molar-refractivity contribution in [2.45, 2.75) is 6.42 Å². The lowest BCUT2D eigenvalue weighted by molar-refractivity contribution is 0.223. The van der Waals surface area contributed by atoms with Crippen molar-refractivity contribution in [1.29, 1.82) is 0 Å². The zero-order valence-corrected chi connectivity index (χ0v) is 13.0. The molecule has 0 atom stereocenters. The SMILES string of the molecule is CN(CCc1ccncc1)C(=O)Nc1ccc(Cl)cc1Cl. The molecule has 0 aliphatic rings. The minimum absolute atomic E-state index is 0.215. The van der Waals surface area contributed by atoms with Gasteiger partial charge in [0.05, 0.1) is 10.7 Å². The van der Waals surface area contributed by atoms with Crippen molar-refractivity contribution in [1.82, 2.24) is 9.88 Å². The molecular weight excluding hydrogens is 309 g/mol. The summed E-state index contributed by atoms with van der Waals surface area (Å²) in [6, 6.07) is 8.60. The van der Waals surface area contributed by atoms with E-state index in [2.05, 4.69) is 10.3 Å². The second-order valence-electron chi connectivity index (χ2n) is 4.58. The van der Waals surface area contributed by atoms with Crippen molar-refractivity contribution in [2.24, 2.45) is 0 Å². The van der Waals surface area contributed by atoms with Gasteiger partial charge >= 0.3 is 6.03 Å². The highest BCUT2D eigenvalue weighted by Crippen LogP contribution is 2.25. The lowest BCUT2D eigenvalue weighted by atomic mass is 10.2. The second-order valence-corrected chi connectivity index (χ2v) is 5.42. The monoisotopic (exact) mass is 323 g/mol. The van der Waals surface area contributed by atoms with Crippen LogP contribution >= 0.6 is 23.2 Å². The third-order valence-electron chi connectivity index (χ3n) is 3.00. The maximum Gasteiger partial charge on any atom is 0.321 e. The van der Waals surface area contributed by atoms with Gasteiger partial charge in [-0.2, -0.15) is 0 Å². The first-order chi connectivity index (χ1) is 10.1. The molecule has 110 valence electrons. The number of pyridine rings is 1. The van der Waals surface area contributed by atoms with Gasteiger partial charge in [-0.05, 0) is 42.3 Å². The minimum Gasteiger partial charge on any atom is -0.327 e. The number of likely N-dealkylation sites (N-methyl/N-ethyl adjacent to an activating group) is 1. The van der Waals surface area contributed by atoms with Crippen LogP contribution in [0.3, 0.4) is 0 Å². The predicted molar refractivity (Wildman–Crippen MR) is 86.1 cm³/mol. The highest BCUT2D eigenvalue weighted by Gasteiger charge is 2.11. The molecule has 0 saturated carbocycles. The van der Waals surface area contributed by atoms with Crippen molar-refractivity contribution in [3.05, 3.63) is 58.3 Å². The largest absolute Gasteiger partial charge is 0.327 e. The van der Waals surface area contributed by atoms with Crippen molar-refractivity contribution in [3.8, 4) is 0 Å². The molecule has 0 radical (unpaired) electrons. The van der Waals surface area contributed by atoms with Crippen LogP contribution in [0.4, 0.5) is 10.5 Å². The Labute approximate surface area is 133 Å². The molecule has 0 bridgehead atoms. The van der Waals surface area contributed by atoms with E-state index in [9.17, 15) is 4.79 Å². The van der Waals surface area contributed by atoms with Gasteiger partial charge < -0.3 is 10.2 Å². The summed E-state index contributed by atoms with van der Waals surface area (Å²) in [7, 11) is 1.74. The van der Waals surface area contributed by atoms with Crippen LogP contribution in [0, 0.1) is 0 Å². The Bertz CT molecular complexity index is 620. The average molecular weight is 324 g/mol. The fourth-order valence-corrected chi connectivity index (χ4v) is 2.21. The molecule has 1 heterocycles. The standard InChI is InChI=1S/C15H15Cl2N3O/c1-20(9-6-11-4-7-18-8-5-11)15(21)19-14-3-2-12(16)10-13(14)17/h2-5,7-8,10H,6,9H2,1H3,(H,19,21). The molecule has 1 N–H and O–H groups in total. The number of urea groups is 1. The number of carbonyl (C=O) groups is 1. The van der Waals surface area contributed by atoms with Crippen molar-refractivity contribution in [3.63, 3.8) is 0 Å². The summed E-state index contributed by atoms with van der Waals surface area (Å²) < 4.78 is 0. The molecule has 1 aromatic carbocycles. The summed E-state index contributed by atoms with van der Waals surface area (Å²) in [5.74, 6) is 0. The Morgan fingerprint density at radius 2 is 1.95 bits per heavy atom. The van der Waals surface area contributed by atoms with E-state index in [0.29, 0.717) is 22.3 Å². The number of benzene rings is 1. The highest BCUT2D eigenvalue weighted by atomic mass is 35.5. The van der Waals surface area contributed by atoms with E-state index in [1.807, 2.05) is 12.1 Å². The van der Waals surface area contributed by atoms with Gasteiger partial charge in [-0.25, -0.2) is 4.79 Å². The average Bonchev–Trinajstić information content (AvgIpc) is 2.48. The van der Waals surface area contributed by atoms with E-state index >= 15 is 0 Å². The Hall–Kier alpha value is -1.78. The number of anilines is 1. The molecular formula is C15H15Cl2N3O. The van der Waals surface area contributed by atoms with Crippen LogP contribution in [0.1, 0.15) is 5.56 Å². The van der Waals surface area contributed by atoms with Gasteiger partial charge in [-0.15, -0.1) is 0 Å². The number of hydrogen-bond donors (Lipinski definition) is 1. The first kappa shape index (κ1) is 15.6. The summed E-state index contributed by atoms with van der Waals surface area (Å²) in [6.45, 7) is 0.598. The molecule has 21 heavy (non-hydrogen) atoms. The van der Waals surface area contributed by atoms with Crippen LogP contribution in [-0.2, 0) is 6.42 Å². The predicted octanol–water partition coefficient (Wildman–Crippen LogP) is 4.09. The normalized spacial score (nSPS) is 10.2. The van der Waals surface area contributed by atoms with Crippen LogP contribution in [0.15, 0.2) is 42.7 Å². The van der Waals surface area contributed by atoms with Crippen LogP contribution in [0.2, 0.25) is 10.0 Å². The van der Waals surface area contributed by atoms with Gasteiger partial charge in [0.2, 0.25) is 0 Å². The summed E-state index contributed by atoms with van der Waals surface area (Å²) in [5, 5.41) is 3.70. The zero-order chi connectivity index (χ0) is 15.2. The fraction of sp³-hybridized carbons (Fsp3) is 0.200. The molecule has 2 aromatic rings. The highest BCUT2D eigenvalue weighted by molar-refractivity contribution is 6.36. The Balaban J connectivity index is 1.90. The quantitative estimate of drug-likeness (QED) is 0.920. The van der Waals surface area contributed by atoms with Crippen molar-refractivity contribution >= 4 is 34.9 Å². The number of nitrogens with zero attached hydrogens (tertiary/aromatic N) is 2. The third-order valence-corrected chi connectivity index (χ3v) is 3.55. The molecule has 0 fully saturated rings. The number of halogens is 2. The smallest absolute Gasteiger partial charge is 0.321 e. The molecule has 1 aromatic heterocycles. The number of rotatable bonds is 4. The van der Waals surface area contributed by atoms with E-state index in [-0.39, 0.29) is 6.03 Å². The molecule has 4 nitrogen and oxygen atoms in total. The first-order valence-corrected chi connectivity index (χ1v) is 7.18. The van der Waals surface area contributed by atoms with E-state index in [1.165, 1.54) is 0 Å². The van der Waals surface area contributed by atoms with Crippen LogP contribution in [-0.4, -0.2) is 29.5 Å². The molecule has 0 aliphatic carbocycles. The molecule has 2 amide bonds. The fourth-order valence-electron chi connectivity index (χ4n) is 1.75. The maximum absolute atomic E-state index is 12.1. The van der Waals surface area contributed by atoms with Gasteiger partial charge in [-0.1, -0.05) is 23.2 Å². The van der Waals surface area contributed by atoms with E-state index in [4.69, 9.17) is 23.2 Å². The Morgan fingerprint density at radius 3 is 2.62 bits per heavy atom. The lowest BCUT2D eigenvalue weighted by Crippen LogP contribution is -2.33. The lowest BCUT2D eigenvalue weighted by Gasteiger charge is -2.18. The Morgan fingerprint density at radius 1 is 1.24 bits per heavy atom. The van der Waals surface area contributed by atoms with Crippen molar-refractivity contribution < 1.29 is 4.79 Å². The number of nitrogens with one attached hydrogen (secondary N) is 1. The summed E-state index contributed by atoms with van der Waals surface area (Å²) >= 11 is 11.8. The first-order valence-electron chi connectivity index (χ1n) is 6.42. The minimum atomic E-state index is -0.215. The van der Waals surface area contributed by atoms with Crippen LogP contribution in [0.25, 0.3) is 0 Å². The molecule has 0 unspecified atom stereocenters. The van der Waals surface area contributed by atoms with E-state index < -0.39 is 0 Å². The molecule has 2 rings (SSSR count). The van der Waals surface area contributed by atoms with Gasteiger partial charge in [0.25, 0.3) is 0 Å². The van der Waals surface area contributed by atoms with Gasteiger partial charge in [0.1, 0.15) is 0 Å². The molecule has 0 aliphatic heterocycles. The van der Waals surface area contributed by atoms with Gasteiger partial charge in [0, 0.05) is 31.0 Å². The van der Waals surface area contributed by atoms with E-state index in [0.717, 1.165) is 12.0 Å². The number of hydrogen-bond acceptors (Lipinski definition) is 2. The summed E-state index contributed by atoms with van der Waals surface area (Å²) in [6.07, 6.45) is 4.24. The maximum atomic E-state index is 12.1.